The highest BCUT2D eigenvalue weighted by atomic mass is 79.9. The van der Waals surface area contributed by atoms with Gasteiger partial charge in [0, 0.05) is 16.7 Å². The molecule has 0 saturated heterocycles. The molecule has 6 heteroatoms. The number of nitriles is 1. The van der Waals surface area contributed by atoms with Crippen molar-refractivity contribution in [3.05, 3.63) is 39.4 Å². The van der Waals surface area contributed by atoms with E-state index in [-0.39, 0.29) is 11.9 Å². The Bertz CT molecular complexity index is 651. The fourth-order valence-electron chi connectivity index (χ4n) is 1.72. The predicted molar refractivity (Wildman–Crippen MR) is 79.5 cm³/mol. The maximum atomic E-state index is 12.3. The SMILES string of the molecule is CC(C)n1cc(Br)cc1C(=O)Nc1sccc1C#N. The number of anilines is 1. The summed E-state index contributed by atoms with van der Waals surface area (Å²) in [5, 5.41) is 14.1. The van der Waals surface area contributed by atoms with Gasteiger partial charge in [0.25, 0.3) is 5.91 Å². The number of carbonyl (C=O) groups excluding carboxylic acids is 1. The van der Waals surface area contributed by atoms with Crippen LogP contribution in [0.2, 0.25) is 0 Å². The molecule has 0 aliphatic rings. The number of halogens is 1. The topological polar surface area (TPSA) is 57.8 Å². The third-order valence-electron chi connectivity index (χ3n) is 2.62. The summed E-state index contributed by atoms with van der Waals surface area (Å²) in [7, 11) is 0. The predicted octanol–water partition coefficient (Wildman–Crippen LogP) is 4.02. The Morgan fingerprint density at radius 3 is 2.95 bits per heavy atom. The van der Waals surface area contributed by atoms with E-state index >= 15 is 0 Å². The molecule has 0 unspecified atom stereocenters. The van der Waals surface area contributed by atoms with Crippen molar-refractivity contribution >= 4 is 38.2 Å². The molecule has 0 fully saturated rings. The highest BCUT2D eigenvalue weighted by molar-refractivity contribution is 9.10. The monoisotopic (exact) mass is 337 g/mol. The van der Waals surface area contributed by atoms with Crippen LogP contribution in [0.3, 0.4) is 0 Å². The molecule has 4 nitrogen and oxygen atoms in total. The minimum Gasteiger partial charge on any atom is -0.340 e. The molecule has 19 heavy (non-hydrogen) atoms. The first-order valence-electron chi connectivity index (χ1n) is 5.69. The van der Waals surface area contributed by atoms with Gasteiger partial charge >= 0.3 is 0 Å². The standard InChI is InChI=1S/C13H12BrN3OS/c1-8(2)17-7-10(14)5-11(17)12(18)16-13-9(6-15)3-4-19-13/h3-5,7-8H,1-2H3,(H,16,18). The van der Waals surface area contributed by atoms with E-state index in [9.17, 15) is 4.79 Å². The van der Waals surface area contributed by atoms with Gasteiger partial charge in [-0.15, -0.1) is 11.3 Å². The molecule has 2 aromatic rings. The van der Waals surface area contributed by atoms with Crippen molar-refractivity contribution in [2.75, 3.05) is 5.32 Å². The second-order valence-corrected chi connectivity index (χ2v) is 6.11. The molecule has 0 aliphatic heterocycles. The molecular weight excluding hydrogens is 326 g/mol. The summed E-state index contributed by atoms with van der Waals surface area (Å²) in [6, 6.07) is 5.71. The van der Waals surface area contributed by atoms with Crippen LogP contribution in [0.4, 0.5) is 5.00 Å². The number of thiophene rings is 1. The lowest BCUT2D eigenvalue weighted by Crippen LogP contribution is -2.17. The Morgan fingerprint density at radius 1 is 1.58 bits per heavy atom. The van der Waals surface area contributed by atoms with Crippen molar-refractivity contribution < 1.29 is 4.79 Å². The van der Waals surface area contributed by atoms with E-state index in [0.717, 1.165) is 4.47 Å². The molecule has 0 saturated carbocycles. The second-order valence-electron chi connectivity index (χ2n) is 4.27. The first kappa shape index (κ1) is 13.8. The van der Waals surface area contributed by atoms with Gasteiger partial charge in [-0.05, 0) is 47.3 Å². The number of carbonyl (C=O) groups is 1. The number of hydrogen-bond donors (Lipinski definition) is 1. The molecule has 1 N–H and O–H groups in total. The van der Waals surface area contributed by atoms with Crippen molar-refractivity contribution in [1.29, 1.82) is 5.26 Å². The lowest BCUT2D eigenvalue weighted by Gasteiger charge is -2.12. The zero-order valence-corrected chi connectivity index (χ0v) is 12.9. The van der Waals surface area contributed by atoms with Crippen molar-refractivity contribution in [2.24, 2.45) is 0 Å². The van der Waals surface area contributed by atoms with Crippen LogP contribution in [0, 0.1) is 11.3 Å². The number of amides is 1. The molecule has 0 aromatic carbocycles. The molecule has 2 aromatic heterocycles. The van der Waals surface area contributed by atoms with Gasteiger partial charge in [-0.3, -0.25) is 4.79 Å². The second kappa shape index (κ2) is 5.59. The largest absolute Gasteiger partial charge is 0.340 e. The number of nitrogens with one attached hydrogen (secondary N) is 1. The van der Waals surface area contributed by atoms with E-state index in [2.05, 4.69) is 27.3 Å². The first-order valence-corrected chi connectivity index (χ1v) is 7.36. The molecule has 2 heterocycles. The highest BCUT2D eigenvalue weighted by Gasteiger charge is 2.16. The summed E-state index contributed by atoms with van der Waals surface area (Å²) in [6.45, 7) is 4.02. The van der Waals surface area contributed by atoms with Crippen molar-refractivity contribution in [1.82, 2.24) is 4.57 Å². The first-order chi connectivity index (χ1) is 9.02. The van der Waals surface area contributed by atoms with Crippen LogP contribution in [-0.4, -0.2) is 10.5 Å². The average molecular weight is 338 g/mol. The molecule has 0 atom stereocenters. The average Bonchev–Trinajstić information content (AvgIpc) is 2.95. The van der Waals surface area contributed by atoms with E-state index in [1.807, 2.05) is 24.6 Å². The number of rotatable bonds is 3. The lowest BCUT2D eigenvalue weighted by molar-refractivity contribution is 0.101. The molecule has 98 valence electrons. The van der Waals surface area contributed by atoms with Crippen LogP contribution in [0.5, 0.6) is 0 Å². The van der Waals surface area contributed by atoms with Crippen molar-refractivity contribution in [3.63, 3.8) is 0 Å². The fraction of sp³-hybridized carbons (Fsp3) is 0.231. The fourth-order valence-corrected chi connectivity index (χ4v) is 2.89. The normalized spacial score (nSPS) is 10.5. The van der Waals surface area contributed by atoms with Gasteiger partial charge < -0.3 is 9.88 Å². The summed E-state index contributed by atoms with van der Waals surface area (Å²) in [6.07, 6.45) is 1.87. The lowest BCUT2D eigenvalue weighted by atomic mass is 10.3. The van der Waals surface area contributed by atoms with Crippen LogP contribution >= 0.6 is 27.3 Å². The third kappa shape index (κ3) is 2.88. The van der Waals surface area contributed by atoms with Crippen LogP contribution < -0.4 is 5.32 Å². The van der Waals surface area contributed by atoms with Gasteiger partial charge in [-0.25, -0.2) is 0 Å². The Hall–Kier alpha value is -1.58. The van der Waals surface area contributed by atoms with Crippen LogP contribution in [0.25, 0.3) is 0 Å². The van der Waals surface area contributed by atoms with Crippen LogP contribution in [0.1, 0.15) is 35.9 Å². The molecule has 2 rings (SSSR count). The molecule has 0 aliphatic carbocycles. The summed E-state index contributed by atoms with van der Waals surface area (Å²) >= 11 is 4.72. The van der Waals surface area contributed by atoms with Gasteiger partial charge in [0.2, 0.25) is 0 Å². The summed E-state index contributed by atoms with van der Waals surface area (Å²) in [4.78, 5) is 12.3. The Labute approximate surface area is 123 Å². The van der Waals surface area contributed by atoms with Gasteiger partial charge in [0.15, 0.2) is 0 Å². The smallest absolute Gasteiger partial charge is 0.272 e. The summed E-state index contributed by atoms with van der Waals surface area (Å²) in [5.74, 6) is -0.210. The molecule has 0 spiro atoms. The minimum absolute atomic E-state index is 0.186. The summed E-state index contributed by atoms with van der Waals surface area (Å²) in [5.41, 5.74) is 1.05. The van der Waals surface area contributed by atoms with Gasteiger partial charge in [0.1, 0.15) is 16.8 Å². The quantitative estimate of drug-likeness (QED) is 0.919. The maximum Gasteiger partial charge on any atom is 0.272 e. The number of aromatic nitrogens is 1. The third-order valence-corrected chi connectivity index (χ3v) is 3.88. The molecule has 0 bridgehead atoms. The zero-order chi connectivity index (χ0) is 14.0. The Kier molecular flexibility index (Phi) is 4.08. The Morgan fingerprint density at radius 2 is 2.32 bits per heavy atom. The zero-order valence-electron chi connectivity index (χ0n) is 10.5. The van der Waals surface area contributed by atoms with E-state index < -0.39 is 0 Å². The Balaban J connectivity index is 2.28. The van der Waals surface area contributed by atoms with E-state index in [0.29, 0.717) is 16.3 Å². The van der Waals surface area contributed by atoms with E-state index in [1.165, 1.54) is 11.3 Å². The van der Waals surface area contributed by atoms with E-state index in [1.54, 1.807) is 17.5 Å². The van der Waals surface area contributed by atoms with Gasteiger partial charge in [0.05, 0.1) is 5.56 Å². The van der Waals surface area contributed by atoms with Crippen molar-refractivity contribution in [3.8, 4) is 6.07 Å². The summed E-state index contributed by atoms with van der Waals surface area (Å²) < 4.78 is 2.75. The maximum absolute atomic E-state index is 12.3. The highest BCUT2D eigenvalue weighted by Crippen LogP contribution is 2.25. The van der Waals surface area contributed by atoms with Gasteiger partial charge in [-0.2, -0.15) is 5.26 Å². The van der Waals surface area contributed by atoms with Crippen molar-refractivity contribution in [2.45, 2.75) is 19.9 Å². The molecule has 0 radical (unpaired) electrons. The number of nitrogens with zero attached hydrogens (tertiary/aromatic N) is 2. The van der Waals surface area contributed by atoms with Gasteiger partial charge in [-0.1, -0.05) is 0 Å². The van der Waals surface area contributed by atoms with Crippen LogP contribution in [0.15, 0.2) is 28.2 Å². The molecule has 1 amide bonds. The van der Waals surface area contributed by atoms with Crippen LogP contribution in [-0.2, 0) is 0 Å². The number of hydrogen-bond acceptors (Lipinski definition) is 3. The molecular formula is C13H12BrN3OS. The van der Waals surface area contributed by atoms with E-state index in [4.69, 9.17) is 5.26 Å². The minimum atomic E-state index is -0.210.